The highest BCUT2D eigenvalue weighted by Crippen LogP contribution is 2.31. The first-order valence-electron chi connectivity index (χ1n) is 7.99. The van der Waals surface area contributed by atoms with E-state index in [9.17, 15) is 18.0 Å². The van der Waals surface area contributed by atoms with Crippen molar-refractivity contribution >= 4 is 17.4 Å². The molecule has 1 atom stereocenters. The van der Waals surface area contributed by atoms with Crippen LogP contribution in [-0.4, -0.2) is 43.5 Å². The Balaban J connectivity index is 1.66. The summed E-state index contributed by atoms with van der Waals surface area (Å²) in [5, 5.41) is 3.94. The van der Waals surface area contributed by atoms with E-state index in [1.807, 2.05) is 6.92 Å². The van der Waals surface area contributed by atoms with Gasteiger partial charge in [-0.05, 0) is 30.3 Å². The minimum absolute atomic E-state index is 0.0858. The third kappa shape index (κ3) is 3.68. The highest BCUT2D eigenvalue weighted by molar-refractivity contribution is 7.07. The van der Waals surface area contributed by atoms with Crippen molar-refractivity contribution in [2.45, 2.75) is 38.9 Å². The van der Waals surface area contributed by atoms with Gasteiger partial charge in [-0.15, -0.1) is 5.10 Å². The molecule has 0 aromatic carbocycles. The Hall–Kier alpha value is -1.97. The molecule has 10 heteroatoms. The third-order valence-electron chi connectivity index (χ3n) is 4.34. The third-order valence-corrected chi connectivity index (χ3v) is 5.10. The van der Waals surface area contributed by atoms with E-state index in [0.29, 0.717) is 48.7 Å². The second-order valence-corrected chi connectivity index (χ2v) is 6.94. The van der Waals surface area contributed by atoms with Gasteiger partial charge in [-0.3, -0.25) is 4.79 Å². The van der Waals surface area contributed by atoms with E-state index in [1.54, 1.807) is 16.5 Å². The van der Waals surface area contributed by atoms with Crippen LogP contribution >= 0.6 is 11.5 Å². The fourth-order valence-electron chi connectivity index (χ4n) is 3.05. The molecule has 0 spiro atoms. The van der Waals surface area contributed by atoms with E-state index in [-0.39, 0.29) is 11.8 Å². The first-order valence-corrected chi connectivity index (χ1v) is 8.76. The van der Waals surface area contributed by atoms with Crippen molar-refractivity contribution in [2.24, 2.45) is 5.92 Å². The first kappa shape index (κ1) is 17.8. The Morgan fingerprint density at radius 1 is 1.48 bits per heavy atom. The summed E-state index contributed by atoms with van der Waals surface area (Å²) in [6.45, 7) is 2.81. The SMILES string of the molecule is CCc1nnsc1C(=O)N(C)C[C@H]1CCc2nc(C(F)(F)F)cn2C1. The summed E-state index contributed by atoms with van der Waals surface area (Å²) in [5.74, 6) is 0.402. The van der Waals surface area contributed by atoms with Crippen molar-refractivity contribution in [2.75, 3.05) is 13.6 Å². The predicted octanol–water partition coefficient (Wildman–Crippen LogP) is 2.65. The molecule has 1 aliphatic heterocycles. The number of aryl methyl sites for hydroxylation is 2. The van der Waals surface area contributed by atoms with Gasteiger partial charge in [0.05, 0.1) is 5.69 Å². The molecule has 1 aliphatic rings. The van der Waals surface area contributed by atoms with Gasteiger partial charge in [0.15, 0.2) is 5.69 Å². The average molecular weight is 373 g/mol. The van der Waals surface area contributed by atoms with Crippen molar-refractivity contribution in [3.63, 3.8) is 0 Å². The fourth-order valence-corrected chi connectivity index (χ4v) is 3.79. The minimum Gasteiger partial charge on any atom is -0.341 e. The molecule has 0 saturated carbocycles. The summed E-state index contributed by atoms with van der Waals surface area (Å²) in [7, 11) is 1.70. The summed E-state index contributed by atoms with van der Waals surface area (Å²) >= 11 is 1.07. The van der Waals surface area contributed by atoms with Crippen molar-refractivity contribution in [1.29, 1.82) is 0 Å². The van der Waals surface area contributed by atoms with Crippen LogP contribution in [0.4, 0.5) is 13.2 Å². The monoisotopic (exact) mass is 373 g/mol. The number of alkyl halides is 3. The van der Waals surface area contributed by atoms with E-state index in [2.05, 4.69) is 14.6 Å². The molecule has 136 valence electrons. The van der Waals surface area contributed by atoms with Crippen LogP contribution in [0.1, 0.15) is 40.2 Å². The standard InChI is InChI=1S/C15H18F3N5OS/c1-3-10-13(25-21-20-10)14(24)22(2)6-9-4-5-12-19-11(15(16,17)18)8-23(12)7-9/h8-9H,3-7H2,1-2H3/t9-/m1/s1. The van der Waals surface area contributed by atoms with Crippen LogP contribution in [0.2, 0.25) is 0 Å². The van der Waals surface area contributed by atoms with Gasteiger partial charge in [0, 0.05) is 32.8 Å². The molecule has 0 saturated heterocycles. The summed E-state index contributed by atoms with van der Waals surface area (Å²) in [4.78, 5) is 18.3. The topological polar surface area (TPSA) is 63.9 Å². The number of imidazole rings is 1. The maximum Gasteiger partial charge on any atom is 0.434 e. The van der Waals surface area contributed by atoms with Gasteiger partial charge < -0.3 is 9.47 Å². The van der Waals surface area contributed by atoms with Gasteiger partial charge in [0.2, 0.25) is 0 Å². The van der Waals surface area contributed by atoms with Gasteiger partial charge in [-0.1, -0.05) is 11.4 Å². The van der Waals surface area contributed by atoms with Crippen LogP contribution in [0.3, 0.4) is 0 Å². The molecule has 2 aromatic rings. The Kier molecular flexibility index (Phi) is 4.81. The van der Waals surface area contributed by atoms with Gasteiger partial charge in [0.1, 0.15) is 10.7 Å². The van der Waals surface area contributed by atoms with Gasteiger partial charge in [-0.2, -0.15) is 13.2 Å². The van der Waals surface area contributed by atoms with E-state index >= 15 is 0 Å². The molecular weight excluding hydrogens is 355 g/mol. The molecule has 0 bridgehead atoms. The second-order valence-electron chi connectivity index (χ2n) is 6.19. The average Bonchev–Trinajstić information content (AvgIpc) is 3.19. The number of halogens is 3. The number of carbonyl (C=O) groups is 1. The van der Waals surface area contributed by atoms with Crippen molar-refractivity contribution in [1.82, 2.24) is 24.0 Å². The molecule has 6 nitrogen and oxygen atoms in total. The zero-order chi connectivity index (χ0) is 18.2. The Bertz CT molecular complexity index is 770. The lowest BCUT2D eigenvalue weighted by molar-refractivity contribution is -0.141. The van der Waals surface area contributed by atoms with Crippen molar-refractivity contribution in [3.05, 3.63) is 28.3 Å². The van der Waals surface area contributed by atoms with E-state index in [0.717, 1.165) is 17.7 Å². The highest BCUT2D eigenvalue weighted by atomic mass is 32.1. The molecule has 0 unspecified atom stereocenters. The second kappa shape index (κ2) is 6.74. The number of hydrogen-bond donors (Lipinski definition) is 0. The van der Waals surface area contributed by atoms with Crippen LogP contribution in [0, 0.1) is 5.92 Å². The number of carbonyl (C=O) groups excluding carboxylic acids is 1. The van der Waals surface area contributed by atoms with Crippen LogP contribution in [0.15, 0.2) is 6.20 Å². The van der Waals surface area contributed by atoms with Gasteiger partial charge in [-0.25, -0.2) is 4.98 Å². The lowest BCUT2D eigenvalue weighted by Gasteiger charge is -2.28. The van der Waals surface area contributed by atoms with Crippen LogP contribution in [-0.2, 0) is 25.6 Å². The lowest BCUT2D eigenvalue weighted by atomic mass is 9.99. The van der Waals surface area contributed by atoms with E-state index in [1.165, 1.54) is 0 Å². The summed E-state index contributed by atoms with van der Waals surface area (Å²) < 4.78 is 43.7. The number of rotatable bonds is 4. The predicted molar refractivity (Wildman–Crippen MR) is 85.3 cm³/mol. The van der Waals surface area contributed by atoms with Crippen LogP contribution in [0.5, 0.6) is 0 Å². The Morgan fingerprint density at radius 2 is 2.24 bits per heavy atom. The van der Waals surface area contributed by atoms with Crippen molar-refractivity contribution in [3.8, 4) is 0 Å². The maximum absolute atomic E-state index is 12.8. The first-order chi connectivity index (χ1) is 11.8. The van der Waals surface area contributed by atoms with Gasteiger partial charge in [0.25, 0.3) is 5.91 Å². The van der Waals surface area contributed by atoms with E-state index < -0.39 is 11.9 Å². The largest absolute Gasteiger partial charge is 0.434 e. The molecule has 0 aliphatic carbocycles. The molecule has 0 radical (unpaired) electrons. The fraction of sp³-hybridized carbons (Fsp3) is 0.600. The Labute approximate surface area is 146 Å². The number of nitrogens with zero attached hydrogens (tertiary/aromatic N) is 5. The zero-order valence-electron chi connectivity index (χ0n) is 13.9. The molecular formula is C15H18F3N5OS. The maximum atomic E-state index is 12.8. The van der Waals surface area contributed by atoms with E-state index in [4.69, 9.17) is 0 Å². The summed E-state index contributed by atoms with van der Waals surface area (Å²) in [6, 6.07) is 0. The molecule has 0 fully saturated rings. The summed E-state index contributed by atoms with van der Waals surface area (Å²) in [6.07, 6.45) is -1.56. The summed E-state index contributed by atoms with van der Waals surface area (Å²) in [5.41, 5.74) is -0.173. The van der Waals surface area contributed by atoms with Gasteiger partial charge >= 0.3 is 6.18 Å². The lowest BCUT2D eigenvalue weighted by Crippen LogP contribution is -2.35. The number of fused-ring (bicyclic) bond motifs is 1. The Morgan fingerprint density at radius 3 is 2.92 bits per heavy atom. The normalized spacial score (nSPS) is 17.4. The molecule has 3 rings (SSSR count). The van der Waals surface area contributed by atoms with Crippen molar-refractivity contribution < 1.29 is 18.0 Å². The minimum atomic E-state index is -4.43. The molecule has 1 amide bonds. The molecule has 25 heavy (non-hydrogen) atoms. The highest BCUT2D eigenvalue weighted by Gasteiger charge is 2.36. The number of aromatic nitrogens is 4. The zero-order valence-corrected chi connectivity index (χ0v) is 14.7. The smallest absolute Gasteiger partial charge is 0.341 e. The number of amides is 1. The number of hydrogen-bond acceptors (Lipinski definition) is 5. The molecule has 3 heterocycles. The molecule has 2 aromatic heterocycles. The molecule has 0 N–H and O–H groups in total. The van der Waals surface area contributed by atoms with Crippen LogP contribution in [0.25, 0.3) is 0 Å². The van der Waals surface area contributed by atoms with Crippen LogP contribution < -0.4 is 0 Å². The quantitative estimate of drug-likeness (QED) is 0.827.